The molecule has 0 bridgehead atoms. The molecule has 0 aromatic heterocycles. The molecule has 2 aliphatic heterocycles. The Morgan fingerprint density at radius 2 is 1.83 bits per heavy atom. The van der Waals surface area contributed by atoms with Crippen LogP contribution in [0.2, 0.25) is 0 Å². The summed E-state index contributed by atoms with van der Waals surface area (Å²) in [5.41, 5.74) is 3.62. The maximum Gasteiger partial charge on any atom is 0.0900 e. The molecule has 2 saturated heterocycles. The smallest absolute Gasteiger partial charge is 0.0900 e. The molecule has 3 rings (SSSR count). The minimum Gasteiger partial charge on any atom is -0.387 e. The highest BCUT2D eigenvalue weighted by Gasteiger charge is 2.34. The van der Waals surface area contributed by atoms with Crippen molar-refractivity contribution in [3.63, 3.8) is 0 Å². The molecule has 2 heterocycles. The van der Waals surface area contributed by atoms with Crippen LogP contribution in [0.25, 0.3) is 0 Å². The molecule has 0 saturated carbocycles. The highest BCUT2D eigenvalue weighted by Crippen LogP contribution is 2.25. The van der Waals surface area contributed by atoms with Gasteiger partial charge in [0.2, 0.25) is 0 Å². The molecule has 0 amide bonds. The SMILES string of the molecule is Cc1cccc(N2CCN(CC3(O)CCCN(C)C3)CC2)c1C. The Morgan fingerprint density at radius 1 is 1.09 bits per heavy atom. The van der Waals surface area contributed by atoms with Crippen molar-refractivity contribution < 1.29 is 5.11 Å². The Balaban J connectivity index is 1.57. The lowest BCUT2D eigenvalue weighted by Crippen LogP contribution is -2.57. The normalized spacial score (nSPS) is 27.4. The van der Waals surface area contributed by atoms with Gasteiger partial charge in [-0.15, -0.1) is 0 Å². The van der Waals surface area contributed by atoms with Crippen molar-refractivity contribution in [2.24, 2.45) is 0 Å². The van der Waals surface area contributed by atoms with E-state index >= 15 is 0 Å². The van der Waals surface area contributed by atoms with Gasteiger partial charge in [-0.25, -0.2) is 0 Å². The van der Waals surface area contributed by atoms with E-state index in [1.54, 1.807) is 0 Å². The van der Waals surface area contributed by atoms with Crippen molar-refractivity contribution in [1.82, 2.24) is 9.80 Å². The Bertz CT molecular complexity index is 539. The average molecular weight is 317 g/mol. The second kappa shape index (κ2) is 6.80. The van der Waals surface area contributed by atoms with Crippen LogP contribution in [0.5, 0.6) is 0 Å². The second-order valence-electron chi connectivity index (χ2n) is 7.55. The molecule has 1 atom stereocenters. The van der Waals surface area contributed by atoms with Crippen LogP contribution < -0.4 is 4.90 Å². The summed E-state index contributed by atoms with van der Waals surface area (Å²) in [6.07, 6.45) is 2.05. The van der Waals surface area contributed by atoms with E-state index in [0.717, 1.165) is 58.7 Å². The predicted octanol–water partition coefficient (Wildman–Crippen LogP) is 1.88. The van der Waals surface area contributed by atoms with Gasteiger partial charge in [0, 0.05) is 45.0 Å². The number of β-amino-alcohol motifs (C(OH)–C–C–N with tert-alkyl or cyclic N) is 1. The molecule has 4 heteroatoms. The van der Waals surface area contributed by atoms with E-state index in [2.05, 4.69) is 53.8 Å². The zero-order valence-electron chi connectivity index (χ0n) is 14.9. The lowest BCUT2D eigenvalue weighted by Gasteiger charge is -2.43. The third-order valence-corrected chi connectivity index (χ3v) is 5.55. The summed E-state index contributed by atoms with van der Waals surface area (Å²) >= 11 is 0. The third-order valence-electron chi connectivity index (χ3n) is 5.55. The van der Waals surface area contributed by atoms with Gasteiger partial charge in [0.1, 0.15) is 0 Å². The highest BCUT2D eigenvalue weighted by molar-refractivity contribution is 5.56. The number of rotatable bonds is 3. The number of benzene rings is 1. The number of piperidine rings is 1. The Kier molecular flexibility index (Phi) is 4.95. The topological polar surface area (TPSA) is 30.0 Å². The summed E-state index contributed by atoms with van der Waals surface area (Å²) in [7, 11) is 2.11. The van der Waals surface area contributed by atoms with Crippen LogP contribution in [0.4, 0.5) is 5.69 Å². The maximum atomic E-state index is 10.9. The number of piperazine rings is 1. The van der Waals surface area contributed by atoms with Crippen LogP contribution in [0.3, 0.4) is 0 Å². The first-order valence-corrected chi connectivity index (χ1v) is 8.91. The number of likely N-dealkylation sites (N-methyl/N-ethyl adjacent to an activating group) is 1. The molecule has 2 fully saturated rings. The first-order valence-electron chi connectivity index (χ1n) is 8.91. The first kappa shape index (κ1) is 16.7. The van der Waals surface area contributed by atoms with Gasteiger partial charge in [-0.3, -0.25) is 4.90 Å². The fourth-order valence-corrected chi connectivity index (χ4v) is 4.11. The predicted molar refractivity (Wildman–Crippen MR) is 96.2 cm³/mol. The molecule has 1 aromatic rings. The van der Waals surface area contributed by atoms with Gasteiger partial charge in [0.05, 0.1) is 5.60 Å². The molecule has 128 valence electrons. The van der Waals surface area contributed by atoms with Crippen LogP contribution in [0.1, 0.15) is 24.0 Å². The molecular weight excluding hydrogens is 286 g/mol. The maximum absolute atomic E-state index is 10.9. The molecule has 23 heavy (non-hydrogen) atoms. The quantitative estimate of drug-likeness (QED) is 0.922. The molecule has 0 aliphatic carbocycles. The standard InChI is InChI=1S/C19H31N3O/c1-16-6-4-7-18(17(16)2)22-12-10-21(11-13-22)15-19(23)8-5-9-20(3)14-19/h4,6-7,23H,5,8-15H2,1-3H3. The van der Waals surface area contributed by atoms with Gasteiger partial charge in [-0.2, -0.15) is 0 Å². The summed E-state index contributed by atoms with van der Waals surface area (Å²) in [6, 6.07) is 6.58. The van der Waals surface area contributed by atoms with Crippen molar-refractivity contribution in [1.29, 1.82) is 0 Å². The first-order chi connectivity index (χ1) is 11.0. The van der Waals surface area contributed by atoms with E-state index in [1.807, 2.05) is 0 Å². The monoisotopic (exact) mass is 317 g/mol. The van der Waals surface area contributed by atoms with Crippen LogP contribution in [-0.4, -0.2) is 73.4 Å². The van der Waals surface area contributed by atoms with Crippen molar-refractivity contribution in [3.05, 3.63) is 29.3 Å². The Labute approximate surface area is 140 Å². The van der Waals surface area contributed by atoms with Crippen LogP contribution in [0.15, 0.2) is 18.2 Å². The minimum atomic E-state index is -0.519. The Hall–Kier alpha value is -1.10. The largest absolute Gasteiger partial charge is 0.387 e. The van der Waals surface area contributed by atoms with Gasteiger partial charge >= 0.3 is 0 Å². The van der Waals surface area contributed by atoms with Gasteiger partial charge < -0.3 is 14.9 Å². The van der Waals surface area contributed by atoms with E-state index in [-0.39, 0.29) is 0 Å². The number of hydrogen-bond donors (Lipinski definition) is 1. The summed E-state index contributed by atoms with van der Waals surface area (Å²) in [4.78, 5) is 7.20. The summed E-state index contributed by atoms with van der Waals surface area (Å²) < 4.78 is 0. The lowest BCUT2D eigenvalue weighted by molar-refractivity contribution is -0.0478. The number of aryl methyl sites for hydroxylation is 1. The van der Waals surface area contributed by atoms with Crippen LogP contribution >= 0.6 is 0 Å². The molecular formula is C19H31N3O. The van der Waals surface area contributed by atoms with E-state index < -0.39 is 5.60 Å². The van der Waals surface area contributed by atoms with Crippen molar-refractivity contribution >= 4 is 5.69 Å². The molecule has 1 N–H and O–H groups in total. The van der Waals surface area contributed by atoms with Gasteiger partial charge in [0.25, 0.3) is 0 Å². The van der Waals surface area contributed by atoms with Crippen molar-refractivity contribution in [2.45, 2.75) is 32.3 Å². The number of anilines is 1. The number of aliphatic hydroxyl groups is 1. The number of likely N-dealkylation sites (tertiary alicyclic amines) is 1. The zero-order chi connectivity index (χ0) is 16.4. The molecule has 1 unspecified atom stereocenters. The zero-order valence-corrected chi connectivity index (χ0v) is 14.9. The Morgan fingerprint density at radius 3 is 2.52 bits per heavy atom. The minimum absolute atomic E-state index is 0.519. The second-order valence-corrected chi connectivity index (χ2v) is 7.55. The summed E-state index contributed by atoms with van der Waals surface area (Å²) in [5, 5.41) is 10.9. The number of hydrogen-bond acceptors (Lipinski definition) is 4. The van der Waals surface area contributed by atoms with Crippen molar-refractivity contribution in [3.8, 4) is 0 Å². The van der Waals surface area contributed by atoms with E-state index in [0.29, 0.717) is 0 Å². The van der Waals surface area contributed by atoms with E-state index in [9.17, 15) is 5.11 Å². The fraction of sp³-hybridized carbons (Fsp3) is 0.684. The third kappa shape index (κ3) is 3.87. The molecule has 2 aliphatic rings. The van der Waals surface area contributed by atoms with E-state index in [4.69, 9.17) is 0 Å². The number of nitrogens with zero attached hydrogens (tertiary/aromatic N) is 3. The lowest BCUT2D eigenvalue weighted by atomic mass is 9.92. The fourth-order valence-electron chi connectivity index (χ4n) is 4.11. The molecule has 0 radical (unpaired) electrons. The van der Waals surface area contributed by atoms with Gasteiger partial charge in [0.15, 0.2) is 0 Å². The molecule has 4 nitrogen and oxygen atoms in total. The highest BCUT2D eigenvalue weighted by atomic mass is 16.3. The van der Waals surface area contributed by atoms with Crippen molar-refractivity contribution in [2.75, 3.05) is 57.8 Å². The van der Waals surface area contributed by atoms with Crippen LogP contribution in [-0.2, 0) is 0 Å². The van der Waals surface area contributed by atoms with E-state index in [1.165, 1.54) is 16.8 Å². The average Bonchev–Trinajstić information content (AvgIpc) is 2.50. The van der Waals surface area contributed by atoms with Crippen LogP contribution in [0, 0.1) is 13.8 Å². The molecule has 1 aromatic carbocycles. The van der Waals surface area contributed by atoms with Gasteiger partial charge in [-0.1, -0.05) is 12.1 Å². The summed E-state index contributed by atoms with van der Waals surface area (Å²) in [5.74, 6) is 0. The van der Waals surface area contributed by atoms with Gasteiger partial charge in [-0.05, 0) is 57.5 Å². The molecule has 0 spiro atoms. The summed E-state index contributed by atoms with van der Waals surface area (Å²) in [6.45, 7) is 11.3.